The van der Waals surface area contributed by atoms with Crippen molar-refractivity contribution in [2.24, 2.45) is 0 Å². The third-order valence-electron chi connectivity index (χ3n) is 3.90. The number of fused-ring (bicyclic) bond motifs is 1. The summed E-state index contributed by atoms with van der Waals surface area (Å²) in [5, 5.41) is 0. The Morgan fingerprint density at radius 2 is 2.33 bits per heavy atom. The Morgan fingerprint density at radius 3 is 3.04 bits per heavy atom. The Bertz CT molecular complexity index is 738. The molecular formula is C18H21N3O3. The normalized spacial score (nSPS) is 14.8. The highest BCUT2D eigenvalue weighted by molar-refractivity contribution is 5.91. The average Bonchev–Trinajstić information content (AvgIpc) is 3.09. The molecule has 6 nitrogen and oxygen atoms in total. The number of hydrogen-bond acceptors (Lipinski definition) is 4. The number of aromatic amines is 1. The molecule has 3 rings (SSSR count). The maximum atomic E-state index is 12.1. The van der Waals surface area contributed by atoms with E-state index in [0.717, 1.165) is 34.7 Å². The first kappa shape index (κ1) is 16.1. The number of carbonyl (C=O) groups is 1. The molecule has 1 aromatic carbocycles. The van der Waals surface area contributed by atoms with Crippen molar-refractivity contribution in [1.29, 1.82) is 0 Å². The summed E-state index contributed by atoms with van der Waals surface area (Å²) >= 11 is 0. The number of nitrogens with one attached hydrogen (secondary N) is 1. The summed E-state index contributed by atoms with van der Waals surface area (Å²) < 4.78 is 10.9. The maximum absolute atomic E-state index is 12.1. The van der Waals surface area contributed by atoms with Crippen LogP contribution in [0.5, 0.6) is 5.75 Å². The van der Waals surface area contributed by atoms with E-state index in [1.54, 1.807) is 24.3 Å². The SMILES string of the molecule is CCOC(=O)N(CC)c1ccc2c(c1)C(=Cc1cnc[nH]1)CCO2. The van der Waals surface area contributed by atoms with Gasteiger partial charge in [0.25, 0.3) is 0 Å². The zero-order valence-corrected chi connectivity index (χ0v) is 13.9. The molecule has 0 saturated carbocycles. The molecule has 0 radical (unpaired) electrons. The summed E-state index contributed by atoms with van der Waals surface area (Å²) in [4.78, 5) is 20.9. The van der Waals surface area contributed by atoms with Crippen LogP contribution in [0.25, 0.3) is 11.6 Å². The van der Waals surface area contributed by atoms with Crippen LogP contribution in [0.2, 0.25) is 0 Å². The zero-order valence-electron chi connectivity index (χ0n) is 13.9. The van der Waals surface area contributed by atoms with Crippen LogP contribution in [-0.2, 0) is 4.74 Å². The maximum Gasteiger partial charge on any atom is 0.414 e. The molecule has 0 fully saturated rings. The summed E-state index contributed by atoms with van der Waals surface area (Å²) in [6.07, 6.45) is 5.97. The number of anilines is 1. The van der Waals surface area contributed by atoms with E-state index in [4.69, 9.17) is 9.47 Å². The summed E-state index contributed by atoms with van der Waals surface area (Å²) in [7, 11) is 0. The third-order valence-corrected chi connectivity index (χ3v) is 3.90. The number of nitrogens with zero attached hydrogens (tertiary/aromatic N) is 2. The van der Waals surface area contributed by atoms with Crippen molar-refractivity contribution in [3.05, 3.63) is 42.0 Å². The van der Waals surface area contributed by atoms with Crippen LogP contribution in [0.15, 0.2) is 30.7 Å². The highest BCUT2D eigenvalue weighted by atomic mass is 16.6. The molecule has 126 valence electrons. The monoisotopic (exact) mass is 327 g/mol. The zero-order chi connectivity index (χ0) is 16.9. The van der Waals surface area contributed by atoms with Crippen LogP contribution in [0.1, 0.15) is 31.5 Å². The molecule has 2 aromatic rings. The van der Waals surface area contributed by atoms with E-state index in [1.165, 1.54) is 0 Å². The summed E-state index contributed by atoms with van der Waals surface area (Å²) in [5.74, 6) is 0.829. The van der Waals surface area contributed by atoms with Gasteiger partial charge in [-0.25, -0.2) is 9.78 Å². The van der Waals surface area contributed by atoms with Crippen LogP contribution in [0, 0.1) is 0 Å². The number of H-pyrrole nitrogens is 1. The van der Waals surface area contributed by atoms with E-state index >= 15 is 0 Å². The van der Waals surface area contributed by atoms with Gasteiger partial charge in [-0.1, -0.05) is 0 Å². The van der Waals surface area contributed by atoms with Crippen molar-refractivity contribution < 1.29 is 14.3 Å². The van der Waals surface area contributed by atoms with Crippen LogP contribution >= 0.6 is 0 Å². The Balaban J connectivity index is 1.97. The van der Waals surface area contributed by atoms with E-state index in [2.05, 4.69) is 16.0 Å². The number of amides is 1. The van der Waals surface area contributed by atoms with Crippen molar-refractivity contribution in [3.63, 3.8) is 0 Å². The van der Waals surface area contributed by atoms with Crippen molar-refractivity contribution in [3.8, 4) is 5.75 Å². The molecular weight excluding hydrogens is 306 g/mol. The molecule has 6 heteroatoms. The molecule has 0 unspecified atom stereocenters. The first-order chi connectivity index (χ1) is 11.7. The minimum absolute atomic E-state index is 0.337. The van der Waals surface area contributed by atoms with Gasteiger partial charge >= 0.3 is 6.09 Å². The number of carbonyl (C=O) groups excluding carboxylic acids is 1. The summed E-state index contributed by atoms with van der Waals surface area (Å²) in [5.41, 5.74) is 3.90. The molecule has 0 spiro atoms. The standard InChI is InChI=1S/C18H21N3O3/c1-3-21(18(22)23-4-2)15-5-6-17-16(10-15)13(7-8-24-17)9-14-11-19-12-20-14/h5-6,9-12H,3-4,7-8H2,1-2H3,(H,19,20). The lowest BCUT2D eigenvalue weighted by Crippen LogP contribution is -2.31. The Hall–Kier alpha value is -2.76. The fourth-order valence-electron chi connectivity index (χ4n) is 2.77. The number of aromatic nitrogens is 2. The van der Waals surface area contributed by atoms with Gasteiger partial charge in [0.05, 0.1) is 31.4 Å². The molecule has 0 saturated heterocycles. The van der Waals surface area contributed by atoms with Crippen LogP contribution in [-0.4, -0.2) is 35.8 Å². The van der Waals surface area contributed by atoms with Crippen LogP contribution in [0.3, 0.4) is 0 Å². The van der Waals surface area contributed by atoms with Crippen LogP contribution in [0.4, 0.5) is 10.5 Å². The minimum Gasteiger partial charge on any atom is -0.493 e. The summed E-state index contributed by atoms with van der Waals surface area (Å²) in [6.45, 7) is 5.26. The average molecular weight is 327 g/mol. The predicted octanol–water partition coefficient (Wildman–Crippen LogP) is 3.72. The highest BCUT2D eigenvalue weighted by Crippen LogP contribution is 2.36. The van der Waals surface area contributed by atoms with Gasteiger partial charge in [-0.15, -0.1) is 0 Å². The molecule has 1 amide bonds. The van der Waals surface area contributed by atoms with E-state index in [-0.39, 0.29) is 6.09 Å². The minimum atomic E-state index is -0.337. The van der Waals surface area contributed by atoms with Gasteiger partial charge in [0.15, 0.2) is 0 Å². The van der Waals surface area contributed by atoms with E-state index in [1.807, 2.05) is 25.1 Å². The third kappa shape index (κ3) is 3.27. The van der Waals surface area contributed by atoms with Gasteiger partial charge in [-0.2, -0.15) is 0 Å². The molecule has 0 aliphatic carbocycles. The molecule has 1 aliphatic heterocycles. The van der Waals surface area contributed by atoms with Crippen molar-refractivity contribution >= 4 is 23.4 Å². The second-order valence-electron chi connectivity index (χ2n) is 5.40. The van der Waals surface area contributed by atoms with Gasteiger partial charge < -0.3 is 14.5 Å². The van der Waals surface area contributed by atoms with Crippen LogP contribution < -0.4 is 9.64 Å². The number of hydrogen-bond donors (Lipinski definition) is 1. The quantitative estimate of drug-likeness (QED) is 0.929. The number of rotatable bonds is 4. The molecule has 0 bridgehead atoms. The van der Waals surface area contributed by atoms with E-state index < -0.39 is 0 Å². The van der Waals surface area contributed by atoms with E-state index in [0.29, 0.717) is 19.8 Å². The summed E-state index contributed by atoms with van der Waals surface area (Å²) in [6, 6.07) is 5.78. The van der Waals surface area contributed by atoms with Crippen molar-refractivity contribution in [1.82, 2.24) is 9.97 Å². The number of ether oxygens (including phenoxy) is 2. The number of benzene rings is 1. The molecule has 2 heterocycles. The van der Waals surface area contributed by atoms with Gasteiger partial charge in [0.2, 0.25) is 0 Å². The number of imidazole rings is 1. The fourth-order valence-corrected chi connectivity index (χ4v) is 2.77. The first-order valence-corrected chi connectivity index (χ1v) is 8.13. The van der Waals surface area contributed by atoms with Crippen molar-refractivity contribution in [2.75, 3.05) is 24.7 Å². The lowest BCUT2D eigenvalue weighted by molar-refractivity contribution is 0.160. The smallest absolute Gasteiger partial charge is 0.414 e. The Morgan fingerprint density at radius 1 is 1.46 bits per heavy atom. The topological polar surface area (TPSA) is 67.5 Å². The van der Waals surface area contributed by atoms with Gasteiger partial charge in [-0.05, 0) is 43.7 Å². The van der Waals surface area contributed by atoms with Crippen molar-refractivity contribution in [2.45, 2.75) is 20.3 Å². The lowest BCUT2D eigenvalue weighted by Gasteiger charge is -2.25. The van der Waals surface area contributed by atoms with E-state index in [9.17, 15) is 4.79 Å². The molecule has 1 aliphatic rings. The second kappa shape index (κ2) is 7.21. The highest BCUT2D eigenvalue weighted by Gasteiger charge is 2.20. The van der Waals surface area contributed by atoms with Gasteiger partial charge in [-0.3, -0.25) is 4.90 Å². The second-order valence-corrected chi connectivity index (χ2v) is 5.40. The lowest BCUT2D eigenvalue weighted by atomic mass is 9.98. The molecule has 0 atom stereocenters. The molecule has 1 N–H and O–H groups in total. The Kier molecular flexibility index (Phi) is 4.84. The Labute approximate surface area is 141 Å². The largest absolute Gasteiger partial charge is 0.493 e. The van der Waals surface area contributed by atoms with Gasteiger partial charge in [0.1, 0.15) is 5.75 Å². The van der Waals surface area contributed by atoms with Gasteiger partial charge in [0, 0.05) is 24.2 Å². The predicted molar refractivity (Wildman–Crippen MR) is 93.1 cm³/mol. The molecule has 24 heavy (non-hydrogen) atoms. The fraction of sp³-hybridized carbons (Fsp3) is 0.333. The molecule has 1 aromatic heterocycles. The first-order valence-electron chi connectivity index (χ1n) is 8.13.